The minimum atomic E-state index is -0.590. The van der Waals surface area contributed by atoms with E-state index in [-0.39, 0.29) is 5.41 Å². The Morgan fingerprint density at radius 1 is 1.47 bits per heavy atom. The van der Waals surface area contributed by atoms with Gasteiger partial charge in [-0.3, -0.25) is 0 Å². The van der Waals surface area contributed by atoms with Crippen molar-refractivity contribution in [3.63, 3.8) is 0 Å². The fourth-order valence-corrected chi connectivity index (χ4v) is 2.17. The molecule has 0 bridgehead atoms. The molecule has 4 heteroatoms. The lowest BCUT2D eigenvalue weighted by molar-refractivity contribution is 0.159. The molecule has 84 valence electrons. The molecule has 0 spiro atoms. The zero-order chi connectivity index (χ0) is 10.9. The average Bonchev–Trinajstić information content (AvgIpc) is 2.85. The van der Waals surface area contributed by atoms with E-state index in [2.05, 4.69) is 17.1 Å². The van der Waals surface area contributed by atoms with Gasteiger partial charge in [-0.1, -0.05) is 31.8 Å². The second kappa shape index (κ2) is 3.93. The molecule has 1 aromatic heterocycles. The predicted octanol–water partition coefficient (Wildman–Crippen LogP) is 2.34. The normalized spacial score (nSPS) is 21.8. The lowest BCUT2D eigenvalue weighted by Crippen LogP contribution is -2.17. The molecule has 1 heterocycles. The van der Waals surface area contributed by atoms with Crippen LogP contribution in [0, 0.1) is 0 Å². The molecule has 1 fully saturated rings. The Kier molecular flexibility index (Phi) is 2.78. The molecule has 2 rings (SSSR count). The Balaban J connectivity index is 2.19. The van der Waals surface area contributed by atoms with Crippen molar-refractivity contribution in [2.45, 2.75) is 57.5 Å². The van der Waals surface area contributed by atoms with Crippen LogP contribution in [0.2, 0.25) is 0 Å². The summed E-state index contributed by atoms with van der Waals surface area (Å²) in [6, 6.07) is 0. The summed E-state index contributed by atoms with van der Waals surface area (Å²) in [6.07, 6.45) is 4.70. The second-order valence-corrected chi connectivity index (χ2v) is 4.65. The minimum absolute atomic E-state index is 0.0404. The van der Waals surface area contributed by atoms with E-state index >= 15 is 0 Å². The summed E-state index contributed by atoms with van der Waals surface area (Å²) in [5.74, 6) is 1.13. The maximum atomic E-state index is 9.58. The molecule has 0 aliphatic heterocycles. The summed E-state index contributed by atoms with van der Waals surface area (Å²) in [5, 5.41) is 13.4. The van der Waals surface area contributed by atoms with Gasteiger partial charge < -0.3 is 9.63 Å². The van der Waals surface area contributed by atoms with Crippen LogP contribution in [0.4, 0.5) is 0 Å². The third kappa shape index (κ3) is 1.91. The van der Waals surface area contributed by atoms with Gasteiger partial charge in [0.15, 0.2) is 5.82 Å². The Labute approximate surface area is 89.7 Å². The van der Waals surface area contributed by atoms with Crippen LogP contribution in [0.15, 0.2) is 4.52 Å². The van der Waals surface area contributed by atoms with E-state index in [0.717, 1.165) is 12.8 Å². The molecule has 0 saturated heterocycles. The maximum absolute atomic E-state index is 9.58. The van der Waals surface area contributed by atoms with Crippen molar-refractivity contribution in [1.29, 1.82) is 0 Å². The van der Waals surface area contributed by atoms with E-state index in [1.165, 1.54) is 12.8 Å². The third-order valence-corrected chi connectivity index (χ3v) is 3.35. The highest BCUT2D eigenvalue weighted by Gasteiger charge is 2.36. The number of hydrogen-bond donors (Lipinski definition) is 1. The number of hydrogen-bond acceptors (Lipinski definition) is 4. The van der Waals surface area contributed by atoms with Gasteiger partial charge in [-0.2, -0.15) is 4.98 Å². The zero-order valence-electron chi connectivity index (χ0n) is 9.36. The molecule has 0 aromatic carbocycles. The van der Waals surface area contributed by atoms with Crippen molar-refractivity contribution >= 4 is 0 Å². The first-order valence-corrected chi connectivity index (χ1v) is 5.68. The van der Waals surface area contributed by atoms with Gasteiger partial charge in [0.2, 0.25) is 5.89 Å². The molecule has 1 unspecified atom stereocenters. The second-order valence-electron chi connectivity index (χ2n) is 4.65. The summed E-state index contributed by atoms with van der Waals surface area (Å²) >= 11 is 0. The minimum Gasteiger partial charge on any atom is -0.385 e. The zero-order valence-corrected chi connectivity index (χ0v) is 9.36. The summed E-state index contributed by atoms with van der Waals surface area (Å²) in [7, 11) is 0. The molecule has 1 saturated carbocycles. The van der Waals surface area contributed by atoms with E-state index in [1.54, 1.807) is 0 Å². The van der Waals surface area contributed by atoms with E-state index in [1.807, 2.05) is 6.92 Å². The maximum Gasteiger partial charge on any atom is 0.232 e. The molecule has 15 heavy (non-hydrogen) atoms. The molecular formula is C11H18N2O2. The van der Waals surface area contributed by atoms with E-state index < -0.39 is 6.10 Å². The standard InChI is InChI=1S/C11H18N2O2/c1-3-8(14)9-12-10(15-13-9)11(2)6-4-5-7-11/h8,14H,3-7H2,1-2H3. The summed E-state index contributed by atoms with van der Waals surface area (Å²) in [4.78, 5) is 4.31. The first kappa shape index (κ1) is 10.6. The molecule has 1 atom stereocenters. The van der Waals surface area contributed by atoms with Crippen molar-refractivity contribution in [3.05, 3.63) is 11.7 Å². The van der Waals surface area contributed by atoms with Crippen molar-refractivity contribution in [2.75, 3.05) is 0 Å². The molecular weight excluding hydrogens is 192 g/mol. The van der Waals surface area contributed by atoms with Gasteiger partial charge in [-0.05, 0) is 19.3 Å². The number of aliphatic hydroxyl groups excluding tert-OH is 1. The monoisotopic (exact) mass is 210 g/mol. The SMILES string of the molecule is CCC(O)c1noc(C2(C)CCCC2)n1. The molecule has 1 N–H and O–H groups in total. The van der Waals surface area contributed by atoms with Crippen molar-refractivity contribution in [3.8, 4) is 0 Å². The van der Waals surface area contributed by atoms with Gasteiger partial charge in [0.25, 0.3) is 0 Å². The Morgan fingerprint density at radius 3 is 2.73 bits per heavy atom. The van der Waals surface area contributed by atoms with Crippen LogP contribution in [-0.4, -0.2) is 15.2 Å². The van der Waals surface area contributed by atoms with Gasteiger partial charge in [-0.15, -0.1) is 0 Å². The van der Waals surface area contributed by atoms with Gasteiger partial charge in [0, 0.05) is 5.41 Å². The summed E-state index contributed by atoms with van der Waals surface area (Å²) in [5.41, 5.74) is 0.0404. The quantitative estimate of drug-likeness (QED) is 0.831. The Hall–Kier alpha value is -0.900. The van der Waals surface area contributed by atoms with Crippen molar-refractivity contribution in [1.82, 2.24) is 10.1 Å². The Bertz CT molecular complexity index is 329. The smallest absolute Gasteiger partial charge is 0.232 e. The van der Waals surface area contributed by atoms with Crippen LogP contribution in [0.5, 0.6) is 0 Å². The van der Waals surface area contributed by atoms with Crippen molar-refractivity contribution < 1.29 is 9.63 Å². The fraction of sp³-hybridized carbons (Fsp3) is 0.818. The first-order valence-electron chi connectivity index (χ1n) is 5.68. The fourth-order valence-electron chi connectivity index (χ4n) is 2.17. The molecule has 0 amide bonds. The van der Waals surface area contributed by atoms with E-state index in [0.29, 0.717) is 18.1 Å². The van der Waals surface area contributed by atoms with Crippen LogP contribution < -0.4 is 0 Å². The summed E-state index contributed by atoms with van der Waals surface area (Å²) < 4.78 is 5.25. The van der Waals surface area contributed by atoms with Crippen LogP contribution in [0.25, 0.3) is 0 Å². The molecule has 1 aromatic rings. The lowest BCUT2D eigenvalue weighted by Gasteiger charge is -2.16. The highest BCUT2D eigenvalue weighted by Crippen LogP contribution is 2.39. The van der Waals surface area contributed by atoms with Crippen LogP contribution in [0.3, 0.4) is 0 Å². The predicted molar refractivity (Wildman–Crippen MR) is 55.4 cm³/mol. The largest absolute Gasteiger partial charge is 0.385 e. The van der Waals surface area contributed by atoms with Crippen molar-refractivity contribution in [2.24, 2.45) is 0 Å². The van der Waals surface area contributed by atoms with Gasteiger partial charge in [0.1, 0.15) is 6.10 Å². The molecule has 1 aliphatic rings. The number of rotatable bonds is 3. The van der Waals surface area contributed by atoms with Gasteiger partial charge >= 0.3 is 0 Å². The lowest BCUT2D eigenvalue weighted by atomic mass is 9.89. The Morgan fingerprint density at radius 2 is 2.13 bits per heavy atom. The number of nitrogens with zero attached hydrogens (tertiary/aromatic N) is 2. The average molecular weight is 210 g/mol. The first-order chi connectivity index (χ1) is 7.15. The van der Waals surface area contributed by atoms with Gasteiger partial charge in [-0.25, -0.2) is 0 Å². The number of aromatic nitrogens is 2. The third-order valence-electron chi connectivity index (χ3n) is 3.35. The highest BCUT2D eigenvalue weighted by atomic mass is 16.5. The highest BCUT2D eigenvalue weighted by molar-refractivity contribution is 5.06. The molecule has 1 aliphatic carbocycles. The van der Waals surface area contributed by atoms with Crippen LogP contribution in [0.1, 0.15) is 63.8 Å². The number of aliphatic hydroxyl groups is 1. The molecule has 4 nitrogen and oxygen atoms in total. The van der Waals surface area contributed by atoms with Crippen LogP contribution >= 0.6 is 0 Å². The van der Waals surface area contributed by atoms with E-state index in [4.69, 9.17) is 4.52 Å². The van der Waals surface area contributed by atoms with Gasteiger partial charge in [0.05, 0.1) is 0 Å². The topological polar surface area (TPSA) is 59.2 Å². The molecule has 0 radical (unpaired) electrons. The van der Waals surface area contributed by atoms with E-state index in [9.17, 15) is 5.11 Å². The van der Waals surface area contributed by atoms with Crippen LogP contribution in [-0.2, 0) is 5.41 Å². The summed E-state index contributed by atoms with van der Waals surface area (Å²) in [6.45, 7) is 4.06.